The number of carboxylic acid groups (broad SMARTS) is 4. The standard InChI is InChI=1S/2C6H10O4.C6H14O2/c2*7-5(8)3-1-2-4-6(9)10;7-5-3-1-2-4-6-8/h2*1-4H2,(H,7,8)(H,9,10);7-8H,1-6H2. The Balaban J connectivity index is -0.000000337. The SMILES string of the molecule is O=C(O)CCCCC(=O)O.O=C(O)CCCCC(=O)O.OCCCCCCO. The molecule has 0 rings (SSSR count). The molecule has 6 N–H and O–H groups in total. The van der Waals surface area contributed by atoms with Gasteiger partial charge >= 0.3 is 23.9 Å². The van der Waals surface area contributed by atoms with E-state index in [0.29, 0.717) is 25.7 Å². The summed E-state index contributed by atoms with van der Waals surface area (Å²) >= 11 is 0. The van der Waals surface area contributed by atoms with Gasteiger partial charge in [0.1, 0.15) is 0 Å². The van der Waals surface area contributed by atoms with Gasteiger partial charge in [-0.15, -0.1) is 0 Å². The van der Waals surface area contributed by atoms with Crippen molar-refractivity contribution < 1.29 is 49.8 Å². The number of rotatable bonds is 15. The van der Waals surface area contributed by atoms with Crippen LogP contribution in [0.4, 0.5) is 0 Å². The summed E-state index contributed by atoms with van der Waals surface area (Å²) < 4.78 is 0. The Morgan fingerprint density at radius 1 is 0.393 bits per heavy atom. The summed E-state index contributed by atoms with van der Waals surface area (Å²) in [5.74, 6) is -3.48. The summed E-state index contributed by atoms with van der Waals surface area (Å²) in [5, 5.41) is 49.1. The number of hydrogen-bond acceptors (Lipinski definition) is 6. The van der Waals surface area contributed by atoms with E-state index >= 15 is 0 Å². The summed E-state index contributed by atoms with van der Waals surface area (Å²) in [6, 6.07) is 0. The number of aliphatic hydroxyl groups is 2. The molecule has 0 radical (unpaired) electrons. The van der Waals surface area contributed by atoms with Crippen LogP contribution in [-0.2, 0) is 19.2 Å². The van der Waals surface area contributed by atoms with Crippen molar-refractivity contribution in [3.8, 4) is 0 Å². The van der Waals surface area contributed by atoms with E-state index in [1.54, 1.807) is 0 Å². The van der Waals surface area contributed by atoms with Gasteiger partial charge in [-0.2, -0.15) is 0 Å². The highest BCUT2D eigenvalue weighted by Crippen LogP contribution is 1.99. The normalized spacial score (nSPS) is 9.36. The fourth-order valence-corrected chi connectivity index (χ4v) is 1.68. The van der Waals surface area contributed by atoms with Crippen LogP contribution < -0.4 is 0 Å². The van der Waals surface area contributed by atoms with Crippen LogP contribution in [0.25, 0.3) is 0 Å². The molecule has 0 aliphatic heterocycles. The van der Waals surface area contributed by atoms with Crippen molar-refractivity contribution >= 4 is 23.9 Å². The Bertz CT molecular complexity index is 339. The third-order valence-electron chi connectivity index (χ3n) is 3.13. The third-order valence-corrected chi connectivity index (χ3v) is 3.13. The maximum Gasteiger partial charge on any atom is 0.303 e. The number of aliphatic hydroxyl groups excluding tert-OH is 2. The first-order valence-electron chi connectivity index (χ1n) is 9.26. The summed E-state index contributed by atoms with van der Waals surface area (Å²) in [7, 11) is 0. The minimum absolute atomic E-state index is 0.0628. The number of carbonyl (C=O) groups is 4. The number of unbranched alkanes of at least 4 members (excludes halogenated alkanes) is 5. The van der Waals surface area contributed by atoms with Crippen molar-refractivity contribution in [3.05, 3.63) is 0 Å². The lowest BCUT2D eigenvalue weighted by molar-refractivity contribution is -0.139. The summed E-state index contributed by atoms with van der Waals surface area (Å²) in [6.07, 6.45) is 5.86. The first-order chi connectivity index (χ1) is 13.2. The van der Waals surface area contributed by atoms with Crippen LogP contribution in [0.15, 0.2) is 0 Å². The lowest BCUT2D eigenvalue weighted by Crippen LogP contribution is -1.97. The molecule has 0 atom stereocenters. The molecule has 10 heteroatoms. The van der Waals surface area contributed by atoms with Gasteiger partial charge in [0, 0.05) is 38.9 Å². The van der Waals surface area contributed by atoms with Gasteiger partial charge in [0.25, 0.3) is 0 Å². The van der Waals surface area contributed by atoms with Gasteiger partial charge in [-0.05, 0) is 38.5 Å². The number of aliphatic carboxylic acids is 4. The van der Waals surface area contributed by atoms with E-state index in [4.69, 9.17) is 30.6 Å². The van der Waals surface area contributed by atoms with Gasteiger partial charge in [0.2, 0.25) is 0 Å². The Kier molecular flexibility index (Phi) is 27.0. The van der Waals surface area contributed by atoms with Crippen LogP contribution >= 0.6 is 0 Å². The molecule has 0 aromatic carbocycles. The van der Waals surface area contributed by atoms with E-state index in [1.165, 1.54) is 0 Å². The van der Waals surface area contributed by atoms with Crippen LogP contribution in [0.2, 0.25) is 0 Å². The van der Waals surface area contributed by atoms with E-state index in [1.807, 2.05) is 0 Å². The van der Waals surface area contributed by atoms with Gasteiger partial charge in [-0.1, -0.05) is 12.8 Å². The van der Waals surface area contributed by atoms with E-state index < -0.39 is 23.9 Å². The van der Waals surface area contributed by atoms with E-state index in [2.05, 4.69) is 0 Å². The zero-order valence-corrected chi connectivity index (χ0v) is 16.2. The predicted octanol–water partition coefficient (Wildman–Crippen LogP) is 1.96. The Hall–Kier alpha value is -2.20. The van der Waals surface area contributed by atoms with Gasteiger partial charge < -0.3 is 30.6 Å². The molecule has 0 aliphatic rings. The Morgan fingerprint density at radius 3 is 0.750 bits per heavy atom. The van der Waals surface area contributed by atoms with E-state index in [9.17, 15) is 19.2 Å². The smallest absolute Gasteiger partial charge is 0.303 e. The quantitative estimate of drug-likeness (QED) is 0.218. The van der Waals surface area contributed by atoms with Gasteiger partial charge in [0.15, 0.2) is 0 Å². The molecule has 10 nitrogen and oxygen atoms in total. The van der Waals surface area contributed by atoms with Crippen molar-refractivity contribution in [2.24, 2.45) is 0 Å². The highest BCUT2D eigenvalue weighted by Gasteiger charge is 1.99. The second-order valence-electron chi connectivity index (χ2n) is 5.85. The zero-order chi connectivity index (χ0) is 22.2. The molecule has 166 valence electrons. The zero-order valence-electron chi connectivity index (χ0n) is 16.2. The maximum absolute atomic E-state index is 9.90. The molecule has 0 aromatic rings. The monoisotopic (exact) mass is 410 g/mol. The number of carboxylic acids is 4. The van der Waals surface area contributed by atoms with Crippen LogP contribution in [-0.4, -0.2) is 67.7 Å². The fourth-order valence-electron chi connectivity index (χ4n) is 1.68. The van der Waals surface area contributed by atoms with E-state index in [0.717, 1.165) is 25.7 Å². The second kappa shape index (κ2) is 24.8. The molecule has 0 unspecified atom stereocenters. The first kappa shape index (κ1) is 30.5. The molecule has 0 saturated heterocycles. The van der Waals surface area contributed by atoms with Crippen molar-refractivity contribution in [2.45, 2.75) is 77.0 Å². The van der Waals surface area contributed by atoms with Crippen molar-refractivity contribution in [2.75, 3.05) is 13.2 Å². The van der Waals surface area contributed by atoms with Crippen molar-refractivity contribution in [3.63, 3.8) is 0 Å². The van der Waals surface area contributed by atoms with E-state index in [-0.39, 0.29) is 38.9 Å². The van der Waals surface area contributed by atoms with Gasteiger partial charge in [-0.25, -0.2) is 0 Å². The van der Waals surface area contributed by atoms with Gasteiger partial charge in [0.05, 0.1) is 0 Å². The molecule has 28 heavy (non-hydrogen) atoms. The Morgan fingerprint density at radius 2 is 0.607 bits per heavy atom. The maximum atomic E-state index is 9.90. The highest BCUT2D eigenvalue weighted by atomic mass is 16.4. The topological polar surface area (TPSA) is 190 Å². The van der Waals surface area contributed by atoms with Crippen molar-refractivity contribution in [1.82, 2.24) is 0 Å². The molecular formula is C18H34O10. The first-order valence-corrected chi connectivity index (χ1v) is 9.26. The Labute approximate surface area is 164 Å². The fraction of sp³-hybridized carbons (Fsp3) is 0.778. The predicted molar refractivity (Wildman–Crippen MR) is 100 cm³/mol. The molecule has 0 fully saturated rings. The van der Waals surface area contributed by atoms with Crippen LogP contribution in [0, 0.1) is 0 Å². The minimum Gasteiger partial charge on any atom is -0.481 e. The largest absolute Gasteiger partial charge is 0.481 e. The van der Waals surface area contributed by atoms with Crippen molar-refractivity contribution in [1.29, 1.82) is 0 Å². The average Bonchev–Trinajstić information content (AvgIpc) is 2.60. The average molecular weight is 410 g/mol. The molecule has 0 saturated carbocycles. The van der Waals surface area contributed by atoms with Crippen LogP contribution in [0.1, 0.15) is 77.0 Å². The molecule has 0 heterocycles. The van der Waals surface area contributed by atoms with Gasteiger partial charge in [-0.3, -0.25) is 19.2 Å². The summed E-state index contributed by atoms with van der Waals surface area (Å²) in [6.45, 7) is 0.566. The lowest BCUT2D eigenvalue weighted by atomic mass is 10.2. The van der Waals surface area contributed by atoms with Crippen LogP contribution in [0.5, 0.6) is 0 Å². The van der Waals surface area contributed by atoms with Crippen LogP contribution in [0.3, 0.4) is 0 Å². The highest BCUT2D eigenvalue weighted by molar-refractivity contribution is 5.68. The molecule has 0 aliphatic carbocycles. The second-order valence-corrected chi connectivity index (χ2v) is 5.85. The molecule has 0 spiro atoms. The minimum atomic E-state index is -0.870. The molecule has 0 bridgehead atoms. The summed E-state index contributed by atoms with van der Waals surface area (Å²) in [5.41, 5.74) is 0. The third kappa shape index (κ3) is 43.8. The molecule has 0 aromatic heterocycles. The lowest BCUT2D eigenvalue weighted by Gasteiger charge is -1.93. The summed E-state index contributed by atoms with van der Waals surface area (Å²) in [4.78, 5) is 39.6. The molecule has 0 amide bonds. The number of hydrogen-bond donors (Lipinski definition) is 6. The molecular weight excluding hydrogens is 376 g/mol.